The van der Waals surface area contributed by atoms with Gasteiger partial charge < -0.3 is 5.73 Å². The molecule has 0 aliphatic rings. The molecule has 0 bridgehead atoms. The van der Waals surface area contributed by atoms with E-state index >= 15 is 0 Å². The summed E-state index contributed by atoms with van der Waals surface area (Å²) in [6, 6.07) is 0. The van der Waals surface area contributed by atoms with Gasteiger partial charge in [-0.15, -0.1) is 5.10 Å². The molecular weight excluding hydrogens is 232 g/mol. The maximum absolute atomic E-state index is 12.1. The van der Waals surface area contributed by atoms with Crippen LogP contribution in [0.2, 0.25) is 0 Å². The number of aromatic nitrogens is 5. The maximum atomic E-state index is 12.1. The monoisotopic (exact) mass is 250 g/mol. The van der Waals surface area contributed by atoms with E-state index in [2.05, 4.69) is 29.3 Å². The van der Waals surface area contributed by atoms with E-state index in [4.69, 9.17) is 5.73 Å². The lowest BCUT2D eigenvalue weighted by atomic mass is 9.90. The highest BCUT2D eigenvalue weighted by Gasteiger charge is 2.17. The predicted octanol–water partition coefficient (Wildman–Crippen LogP) is -0.1000. The molecule has 0 radical (unpaired) electrons. The lowest BCUT2D eigenvalue weighted by Gasteiger charge is -2.21. The number of nitrogens with two attached hydrogens (primary N) is 1. The Morgan fingerprint density at radius 3 is 2.83 bits per heavy atom. The van der Waals surface area contributed by atoms with Crippen molar-refractivity contribution < 1.29 is 0 Å². The molecule has 98 valence electrons. The van der Waals surface area contributed by atoms with Crippen LogP contribution in [0.5, 0.6) is 0 Å². The van der Waals surface area contributed by atoms with Gasteiger partial charge in [0.2, 0.25) is 0 Å². The van der Waals surface area contributed by atoms with Crippen LogP contribution in [0.25, 0.3) is 11.0 Å². The van der Waals surface area contributed by atoms with Crippen LogP contribution in [-0.2, 0) is 13.6 Å². The summed E-state index contributed by atoms with van der Waals surface area (Å²) in [5.41, 5.74) is 6.01. The van der Waals surface area contributed by atoms with Gasteiger partial charge >= 0.3 is 0 Å². The third-order valence-corrected chi connectivity index (χ3v) is 3.17. The lowest BCUT2D eigenvalue weighted by Crippen LogP contribution is -2.30. The fraction of sp³-hybridized carbons (Fsp3) is 0.636. The summed E-state index contributed by atoms with van der Waals surface area (Å²) < 4.78 is 2.92. The number of fused-ring (bicyclic) bond motifs is 1. The number of rotatable bonds is 4. The highest BCUT2D eigenvalue weighted by Crippen LogP contribution is 2.18. The molecule has 7 nitrogen and oxygen atoms in total. The van der Waals surface area contributed by atoms with Crippen molar-refractivity contribution in [3.8, 4) is 0 Å². The Morgan fingerprint density at radius 1 is 1.44 bits per heavy atom. The molecule has 2 aromatic heterocycles. The molecule has 7 heteroatoms. The second-order valence-electron chi connectivity index (χ2n) is 5.24. The zero-order valence-corrected chi connectivity index (χ0v) is 10.9. The first kappa shape index (κ1) is 12.7. The van der Waals surface area contributed by atoms with E-state index in [0.29, 0.717) is 24.1 Å². The zero-order valence-electron chi connectivity index (χ0n) is 10.9. The summed E-state index contributed by atoms with van der Waals surface area (Å²) in [6.07, 6.45) is 2.31. The highest BCUT2D eigenvalue weighted by molar-refractivity contribution is 5.72. The van der Waals surface area contributed by atoms with Gasteiger partial charge in [0, 0.05) is 13.6 Å². The number of aryl methyl sites for hydroxylation is 2. The largest absolute Gasteiger partial charge is 0.330 e. The Kier molecular flexibility index (Phi) is 3.16. The Labute approximate surface area is 105 Å². The van der Waals surface area contributed by atoms with Gasteiger partial charge in [0.25, 0.3) is 5.56 Å². The molecule has 18 heavy (non-hydrogen) atoms. The Bertz CT molecular complexity index is 612. The van der Waals surface area contributed by atoms with Crippen LogP contribution in [0.4, 0.5) is 0 Å². The molecule has 0 amide bonds. The number of hydrogen-bond acceptors (Lipinski definition) is 5. The van der Waals surface area contributed by atoms with E-state index in [9.17, 15) is 4.79 Å². The molecule has 0 saturated carbocycles. The van der Waals surface area contributed by atoms with Gasteiger partial charge in [0.15, 0.2) is 5.65 Å². The van der Waals surface area contributed by atoms with Crippen molar-refractivity contribution in [3.63, 3.8) is 0 Å². The minimum atomic E-state index is -0.152. The minimum absolute atomic E-state index is 0.00891. The van der Waals surface area contributed by atoms with Gasteiger partial charge in [-0.05, 0) is 18.4 Å². The molecule has 0 saturated heterocycles. The van der Waals surface area contributed by atoms with Crippen LogP contribution < -0.4 is 11.3 Å². The summed E-state index contributed by atoms with van der Waals surface area (Å²) in [4.78, 5) is 12.1. The second kappa shape index (κ2) is 4.49. The summed E-state index contributed by atoms with van der Waals surface area (Å²) >= 11 is 0. The van der Waals surface area contributed by atoms with Crippen molar-refractivity contribution in [1.82, 2.24) is 24.8 Å². The summed E-state index contributed by atoms with van der Waals surface area (Å²) in [5, 5.41) is 12.4. The van der Waals surface area contributed by atoms with Gasteiger partial charge in [-0.2, -0.15) is 5.10 Å². The second-order valence-corrected chi connectivity index (χ2v) is 5.24. The molecule has 0 unspecified atom stereocenters. The van der Waals surface area contributed by atoms with Crippen molar-refractivity contribution in [2.24, 2.45) is 18.2 Å². The van der Waals surface area contributed by atoms with Crippen molar-refractivity contribution in [3.05, 3.63) is 16.6 Å². The minimum Gasteiger partial charge on any atom is -0.330 e. The Hall–Kier alpha value is -1.76. The van der Waals surface area contributed by atoms with E-state index in [1.807, 2.05) is 0 Å². The molecule has 0 aliphatic heterocycles. The van der Waals surface area contributed by atoms with Crippen molar-refractivity contribution >= 4 is 11.0 Å². The fourth-order valence-electron chi connectivity index (χ4n) is 1.63. The number of nitrogens with zero attached hydrogens (tertiary/aromatic N) is 5. The fourth-order valence-corrected chi connectivity index (χ4v) is 1.63. The van der Waals surface area contributed by atoms with Crippen molar-refractivity contribution in [2.75, 3.05) is 6.54 Å². The van der Waals surface area contributed by atoms with Crippen molar-refractivity contribution in [2.45, 2.75) is 26.8 Å². The molecule has 2 aromatic rings. The maximum Gasteiger partial charge on any atom is 0.280 e. The normalized spacial score (nSPS) is 12.2. The summed E-state index contributed by atoms with van der Waals surface area (Å²) in [5.74, 6) is 0. The third-order valence-electron chi connectivity index (χ3n) is 3.17. The van der Waals surface area contributed by atoms with E-state index in [-0.39, 0.29) is 11.0 Å². The van der Waals surface area contributed by atoms with Gasteiger partial charge in [-0.3, -0.25) is 4.79 Å². The molecule has 0 atom stereocenters. The molecular formula is C11H18N6O. The molecule has 2 rings (SSSR count). The SMILES string of the molecule is Cn1ncc2c(=O)n(CCC(C)(C)CN)nnc21. The third kappa shape index (κ3) is 2.26. The molecule has 2 heterocycles. The van der Waals surface area contributed by atoms with E-state index in [1.165, 1.54) is 15.6 Å². The molecule has 2 N–H and O–H groups in total. The van der Waals surface area contributed by atoms with Gasteiger partial charge in [0.1, 0.15) is 5.39 Å². The topological polar surface area (TPSA) is 91.6 Å². The van der Waals surface area contributed by atoms with Crippen molar-refractivity contribution in [1.29, 1.82) is 0 Å². The standard InChI is InChI=1S/C11H18N6O/c1-11(2,7-12)4-5-17-10(18)8-6-13-16(3)9(8)14-15-17/h6H,4-5,7,12H2,1-3H3. The quantitative estimate of drug-likeness (QED) is 0.818. The van der Waals surface area contributed by atoms with E-state index < -0.39 is 0 Å². The Balaban J connectivity index is 2.30. The van der Waals surface area contributed by atoms with E-state index in [1.54, 1.807) is 7.05 Å². The Morgan fingerprint density at radius 2 is 2.17 bits per heavy atom. The summed E-state index contributed by atoms with van der Waals surface area (Å²) in [6.45, 7) is 5.22. The van der Waals surface area contributed by atoms with Crippen LogP contribution in [0.3, 0.4) is 0 Å². The molecule has 0 aromatic carbocycles. The van der Waals surface area contributed by atoms with Gasteiger partial charge in [-0.1, -0.05) is 19.1 Å². The zero-order chi connectivity index (χ0) is 13.3. The van der Waals surface area contributed by atoms with E-state index in [0.717, 1.165) is 6.42 Å². The average Bonchev–Trinajstić information content (AvgIpc) is 2.71. The van der Waals surface area contributed by atoms with Crippen LogP contribution >= 0.6 is 0 Å². The average molecular weight is 250 g/mol. The molecule has 0 spiro atoms. The van der Waals surface area contributed by atoms with Crippen LogP contribution in [0.15, 0.2) is 11.0 Å². The number of hydrogen-bond donors (Lipinski definition) is 1. The highest BCUT2D eigenvalue weighted by atomic mass is 16.1. The molecule has 0 fully saturated rings. The first-order valence-corrected chi connectivity index (χ1v) is 5.90. The summed E-state index contributed by atoms with van der Waals surface area (Å²) in [7, 11) is 1.73. The van der Waals surface area contributed by atoms with Crippen LogP contribution in [-0.4, -0.2) is 31.3 Å². The molecule has 0 aliphatic carbocycles. The smallest absolute Gasteiger partial charge is 0.280 e. The first-order valence-electron chi connectivity index (χ1n) is 5.90. The predicted molar refractivity (Wildman–Crippen MR) is 68.0 cm³/mol. The first-order chi connectivity index (χ1) is 8.44. The van der Waals surface area contributed by atoms with Crippen LogP contribution in [0.1, 0.15) is 20.3 Å². The van der Waals surface area contributed by atoms with Gasteiger partial charge in [-0.25, -0.2) is 9.36 Å². The van der Waals surface area contributed by atoms with Gasteiger partial charge in [0.05, 0.1) is 6.20 Å². The lowest BCUT2D eigenvalue weighted by molar-refractivity contribution is 0.310. The van der Waals surface area contributed by atoms with Crippen LogP contribution in [0, 0.1) is 5.41 Å².